The molecule has 1 saturated heterocycles. The van der Waals surface area contributed by atoms with E-state index in [0.717, 1.165) is 0 Å². The van der Waals surface area contributed by atoms with Crippen LogP contribution in [0.5, 0.6) is 0 Å². The van der Waals surface area contributed by atoms with E-state index in [9.17, 15) is 0 Å². The molecule has 1 heterocycles. The molecule has 0 N–H and O–H groups in total. The molecule has 0 aromatic carbocycles. The summed E-state index contributed by atoms with van der Waals surface area (Å²) in [5.74, 6) is 0.649. The van der Waals surface area contributed by atoms with E-state index in [1.54, 1.807) is 0 Å². The summed E-state index contributed by atoms with van der Waals surface area (Å²) in [6, 6.07) is 0. The van der Waals surface area contributed by atoms with Gasteiger partial charge in [0.05, 0.1) is 12.2 Å². The van der Waals surface area contributed by atoms with Crippen molar-refractivity contribution in [1.29, 1.82) is 0 Å². The van der Waals surface area contributed by atoms with Crippen LogP contribution in [0.2, 0.25) is 0 Å². The Morgan fingerprint density at radius 2 is 2.30 bits per heavy atom. The predicted octanol–water partition coefficient (Wildman–Crippen LogP) is 2.38. The van der Waals surface area contributed by atoms with Gasteiger partial charge in [-0.15, -0.1) is 6.58 Å². The van der Waals surface area contributed by atoms with Gasteiger partial charge in [-0.25, -0.2) is 0 Å². The topological polar surface area (TPSA) is 12.5 Å². The third-order valence-electron chi connectivity index (χ3n) is 2.15. The van der Waals surface area contributed by atoms with Gasteiger partial charge in [-0.3, -0.25) is 0 Å². The molecule has 0 aliphatic carbocycles. The molecule has 0 aromatic rings. The summed E-state index contributed by atoms with van der Waals surface area (Å²) in [6.45, 7) is 8.06. The summed E-state index contributed by atoms with van der Waals surface area (Å²) < 4.78 is 5.28. The Hall–Kier alpha value is -0.300. The van der Waals surface area contributed by atoms with E-state index in [1.807, 2.05) is 6.08 Å². The van der Waals surface area contributed by atoms with E-state index in [4.69, 9.17) is 4.74 Å². The van der Waals surface area contributed by atoms with Gasteiger partial charge in [-0.2, -0.15) is 0 Å². The highest BCUT2D eigenvalue weighted by Crippen LogP contribution is 2.27. The first-order valence-corrected chi connectivity index (χ1v) is 4.02. The van der Waals surface area contributed by atoms with Crippen LogP contribution >= 0.6 is 0 Å². The van der Waals surface area contributed by atoms with Crippen LogP contribution in [0, 0.1) is 5.92 Å². The summed E-state index contributed by atoms with van der Waals surface area (Å²) in [7, 11) is 0. The Balaban J connectivity index is 2.00. The van der Waals surface area contributed by atoms with Crippen molar-refractivity contribution in [1.82, 2.24) is 0 Å². The fourth-order valence-electron chi connectivity index (χ4n) is 1.08. The molecule has 0 spiro atoms. The summed E-state index contributed by atoms with van der Waals surface area (Å²) >= 11 is 0. The number of ether oxygens (including phenoxy) is 1. The molecule has 0 aromatic heterocycles. The van der Waals surface area contributed by atoms with Crippen molar-refractivity contribution in [2.75, 3.05) is 0 Å². The van der Waals surface area contributed by atoms with Gasteiger partial charge in [0, 0.05) is 0 Å². The zero-order chi connectivity index (χ0) is 7.56. The molecule has 0 bridgehead atoms. The van der Waals surface area contributed by atoms with Crippen molar-refractivity contribution >= 4 is 0 Å². The number of hydrogen-bond acceptors (Lipinski definition) is 1. The maximum absolute atomic E-state index is 5.28. The fraction of sp³-hybridized carbons (Fsp3) is 0.778. The van der Waals surface area contributed by atoms with Crippen LogP contribution in [-0.2, 0) is 4.74 Å². The van der Waals surface area contributed by atoms with E-state index < -0.39 is 0 Å². The van der Waals surface area contributed by atoms with Gasteiger partial charge in [-0.05, 0) is 25.7 Å². The first kappa shape index (κ1) is 7.80. The molecule has 1 aliphatic heterocycles. The van der Waals surface area contributed by atoms with Gasteiger partial charge >= 0.3 is 0 Å². The van der Waals surface area contributed by atoms with Gasteiger partial charge in [0.2, 0.25) is 0 Å². The molecule has 1 nitrogen and oxygen atoms in total. The van der Waals surface area contributed by atoms with Crippen molar-refractivity contribution < 1.29 is 4.74 Å². The normalized spacial score (nSPS) is 33.4. The summed E-state index contributed by atoms with van der Waals surface area (Å²) in [5, 5.41) is 0. The predicted molar refractivity (Wildman–Crippen MR) is 42.9 cm³/mol. The molecular formula is C9H16O. The van der Waals surface area contributed by atoms with Crippen LogP contribution < -0.4 is 0 Å². The molecule has 1 fully saturated rings. The number of hydrogen-bond donors (Lipinski definition) is 0. The SMILES string of the molecule is C=CC(C)CCC1OC1C. The van der Waals surface area contributed by atoms with Crippen LogP contribution in [0.1, 0.15) is 26.7 Å². The molecule has 3 atom stereocenters. The molecular weight excluding hydrogens is 124 g/mol. The minimum Gasteiger partial charge on any atom is -0.370 e. The molecule has 0 amide bonds. The Kier molecular flexibility index (Phi) is 2.50. The fourth-order valence-corrected chi connectivity index (χ4v) is 1.08. The average Bonchev–Trinajstić information content (AvgIpc) is 2.61. The zero-order valence-corrected chi connectivity index (χ0v) is 6.84. The number of rotatable bonds is 4. The van der Waals surface area contributed by atoms with Crippen molar-refractivity contribution in [2.24, 2.45) is 5.92 Å². The van der Waals surface area contributed by atoms with Crippen molar-refractivity contribution in [3.05, 3.63) is 12.7 Å². The Morgan fingerprint density at radius 3 is 2.70 bits per heavy atom. The van der Waals surface area contributed by atoms with E-state index in [-0.39, 0.29) is 0 Å². The summed E-state index contributed by atoms with van der Waals surface area (Å²) in [4.78, 5) is 0. The van der Waals surface area contributed by atoms with Crippen molar-refractivity contribution in [2.45, 2.75) is 38.9 Å². The second kappa shape index (κ2) is 3.20. The molecule has 10 heavy (non-hydrogen) atoms. The Labute approximate surface area is 63.1 Å². The van der Waals surface area contributed by atoms with Crippen molar-refractivity contribution in [3.63, 3.8) is 0 Å². The lowest BCUT2D eigenvalue weighted by Gasteiger charge is -2.01. The molecule has 3 unspecified atom stereocenters. The van der Waals surface area contributed by atoms with E-state index in [1.165, 1.54) is 12.8 Å². The van der Waals surface area contributed by atoms with Crippen LogP contribution in [0.4, 0.5) is 0 Å². The molecule has 58 valence electrons. The molecule has 1 rings (SSSR count). The highest BCUT2D eigenvalue weighted by Gasteiger charge is 2.33. The zero-order valence-electron chi connectivity index (χ0n) is 6.84. The van der Waals surface area contributed by atoms with Crippen LogP contribution in [-0.4, -0.2) is 12.2 Å². The summed E-state index contributed by atoms with van der Waals surface area (Å²) in [5.41, 5.74) is 0. The van der Waals surface area contributed by atoms with Crippen molar-refractivity contribution in [3.8, 4) is 0 Å². The summed E-state index contributed by atoms with van der Waals surface area (Å²) in [6.07, 6.45) is 5.51. The molecule has 1 heteroatoms. The van der Waals surface area contributed by atoms with Gasteiger partial charge in [0.25, 0.3) is 0 Å². The van der Waals surface area contributed by atoms with Gasteiger partial charge in [-0.1, -0.05) is 13.0 Å². The first-order valence-electron chi connectivity index (χ1n) is 4.02. The minimum atomic E-state index is 0.525. The monoisotopic (exact) mass is 140 g/mol. The smallest absolute Gasteiger partial charge is 0.0839 e. The molecule has 0 radical (unpaired) electrons. The lowest BCUT2D eigenvalue weighted by molar-refractivity contribution is 0.361. The third-order valence-corrected chi connectivity index (χ3v) is 2.15. The number of allylic oxidation sites excluding steroid dienone is 1. The lowest BCUT2D eigenvalue weighted by atomic mass is 10.0. The average molecular weight is 140 g/mol. The first-order chi connectivity index (χ1) is 4.74. The Morgan fingerprint density at radius 1 is 1.70 bits per heavy atom. The van der Waals surface area contributed by atoms with Crippen LogP contribution in [0.3, 0.4) is 0 Å². The highest BCUT2D eigenvalue weighted by molar-refractivity contribution is 4.83. The van der Waals surface area contributed by atoms with Gasteiger partial charge < -0.3 is 4.74 Å². The maximum Gasteiger partial charge on any atom is 0.0839 e. The minimum absolute atomic E-state index is 0.525. The molecule has 1 aliphatic rings. The van der Waals surface area contributed by atoms with Gasteiger partial charge in [0.15, 0.2) is 0 Å². The third kappa shape index (κ3) is 2.14. The lowest BCUT2D eigenvalue weighted by Crippen LogP contribution is -1.94. The second-order valence-corrected chi connectivity index (χ2v) is 3.17. The maximum atomic E-state index is 5.28. The van der Waals surface area contributed by atoms with Crippen LogP contribution in [0.25, 0.3) is 0 Å². The Bertz CT molecular complexity index is 120. The number of epoxide rings is 1. The molecule has 0 saturated carbocycles. The van der Waals surface area contributed by atoms with Crippen LogP contribution in [0.15, 0.2) is 12.7 Å². The van der Waals surface area contributed by atoms with E-state index in [2.05, 4.69) is 20.4 Å². The quantitative estimate of drug-likeness (QED) is 0.431. The van der Waals surface area contributed by atoms with E-state index >= 15 is 0 Å². The largest absolute Gasteiger partial charge is 0.370 e. The second-order valence-electron chi connectivity index (χ2n) is 3.17. The highest BCUT2D eigenvalue weighted by atomic mass is 16.6. The van der Waals surface area contributed by atoms with Gasteiger partial charge in [0.1, 0.15) is 0 Å². The van der Waals surface area contributed by atoms with E-state index in [0.29, 0.717) is 18.1 Å². The standard InChI is InChI=1S/C9H16O/c1-4-7(2)5-6-9-8(3)10-9/h4,7-9H,1,5-6H2,2-3H3.